The van der Waals surface area contributed by atoms with Gasteiger partial charge in [-0.25, -0.2) is 0 Å². The van der Waals surface area contributed by atoms with Crippen molar-refractivity contribution in [1.29, 1.82) is 0 Å². The lowest BCUT2D eigenvalue weighted by Gasteiger charge is -2.19. The van der Waals surface area contributed by atoms with Crippen LogP contribution in [0.3, 0.4) is 0 Å². The Balaban J connectivity index is 3.99. The van der Waals surface area contributed by atoms with E-state index in [-0.39, 0.29) is 37.4 Å². The average molecular weight is 302 g/mol. The lowest BCUT2D eigenvalue weighted by atomic mass is 10.3. The highest BCUT2D eigenvalue weighted by Gasteiger charge is 2.14. The standard InChI is InChI=1S/C14H26N2O5/c1-4-9-16(11-14(19)21-5-2)10-12(17)15-8-6-7-13(18)20-3/h4-11H2,1-3H3,(H,15,17). The van der Waals surface area contributed by atoms with E-state index in [1.54, 1.807) is 11.8 Å². The van der Waals surface area contributed by atoms with Crippen LogP contribution < -0.4 is 5.32 Å². The van der Waals surface area contributed by atoms with Crippen molar-refractivity contribution in [2.24, 2.45) is 0 Å². The lowest BCUT2D eigenvalue weighted by molar-refractivity contribution is -0.145. The van der Waals surface area contributed by atoms with Crippen LogP contribution in [-0.2, 0) is 23.9 Å². The van der Waals surface area contributed by atoms with Crippen LogP contribution in [0.25, 0.3) is 0 Å². The minimum atomic E-state index is -0.329. The summed E-state index contributed by atoms with van der Waals surface area (Å²) in [7, 11) is 1.33. The van der Waals surface area contributed by atoms with Crippen molar-refractivity contribution in [3.63, 3.8) is 0 Å². The molecule has 0 spiro atoms. The minimum absolute atomic E-state index is 0.108. The Morgan fingerprint density at radius 1 is 1.10 bits per heavy atom. The van der Waals surface area contributed by atoms with Crippen molar-refractivity contribution in [3.8, 4) is 0 Å². The van der Waals surface area contributed by atoms with E-state index in [9.17, 15) is 14.4 Å². The van der Waals surface area contributed by atoms with Crippen molar-refractivity contribution < 1.29 is 23.9 Å². The van der Waals surface area contributed by atoms with Crippen LogP contribution in [0.1, 0.15) is 33.1 Å². The Hall–Kier alpha value is -1.63. The van der Waals surface area contributed by atoms with E-state index in [1.807, 2.05) is 6.92 Å². The molecule has 0 saturated heterocycles. The number of nitrogens with zero attached hydrogens (tertiary/aromatic N) is 1. The molecule has 0 aromatic heterocycles. The number of ether oxygens (including phenoxy) is 2. The van der Waals surface area contributed by atoms with E-state index >= 15 is 0 Å². The maximum absolute atomic E-state index is 11.8. The smallest absolute Gasteiger partial charge is 0.320 e. The number of carbonyl (C=O) groups excluding carboxylic acids is 3. The number of hydrogen-bond donors (Lipinski definition) is 1. The topological polar surface area (TPSA) is 84.9 Å². The third kappa shape index (κ3) is 10.8. The van der Waals surface area contributed by atoms with Crippen molar-refractivity contribution in [3.05, 3.63) is 0 Å². The lowest BCUT2D eigenvalue weighted by Crippen LogP contribution is -2.41. The summed E-state index contributed by atoms with van der Waals surface area (Å²) in [6.45, 7) is 5.37. The summed E-state index contributed by atoms with van der Waals surface area (Å²) < 4.78 is 9.38. The Morgan fingerprint density at radius 2 is 1.81 bits per heavy atom. The molecule has 0 aliphatic rings. The second-order valence-electron chi connectivity index (χ2n) is 4.55. The summed E-state index contributed by atoms with van der Waals surface area (Å²) in [6, 6.07) is 0. The summed E-state index contributed by atoms with van der Waals surface area (Å²) in [4.78, 5) is 35.8. The molecule has 1 N–H and O–H groups in total. The second kappa shape index (κ2) is 12.1. The minimum Gasteiger partial charge on any atom is -0.469 e. The maximum atomic E-state index is 11.8. The molecule has 0 unspecified atom stereocenters. The van der Waals surface area contributed by atoms with Gasteiger partial charge in [0.1, 0.15) is 0 Å². The van der Waals surface area contributed by atoms with E-state index in [2.05, 4.69) is 10.1 Å². The molecule has 0 rings (SSSR count). The molecule has 0 aromatic rings. The molecule has 7 heteroatoms. The Labute approximate surface area is 126 Å². The summed E-state index contributed by atoms with van der Waals surface area (Å²) in [5, 5.41) is 2.72. The fourth-order valence-electron chi connectivity index (χ4n) is 1.74. The zero-order chi connectivity index (χ0) is 16.1. The molecule has 0 aliphatic heterocycles. The van der Waals surface area contributed by atoms with Crippen LogP contribution in [0.2, 0.25) is 0 Å². The molecule has 0 bridgehead atoms. The fraction of sp³-hybridized carbons (Fsp3) is 0.786. The molecule has 0 heterocycles. The first-order chi connectivity index (χ1) is 10.0. The number of hydrogen-bond acceptors (Lipinski definition) is 6. The van der Waals surface area contributed by atoms with Gasteiger partial charge >= 0.3 is 11.9 Å². The zero-order valence-corrected chi connectivity index (χ0v) is 13.1. The molecule has 0 aromatic carbocycles. The summed E-state index contributed by atoms with van der Waals surface area (Å²) >= 11 is 0. The van der Waals surface area contributed by atoms with Crippen molar-refractivity contribution in [2.45, 2.75) is 33.1 Å². The quantitative estimate of drug-likeness (QED) is 0.437. The van der Waals surface area contributed by atoms with Gasteiger partial charge in [0, 0.05) is 13.0 Å². The predicted octanol–water partition coefficient (Wildman–Crippen LogP) is 0.331. The normalized spacial score (nSPS) is 10.3. The molecular weight excluding hydrogens is 276 g/mol. The van der Waals surface area contributed by atoms with Gasteiger partial charge in [0.15, 0.2) is 0 Å². The largest absolute Gasteiger partial charge is 0.469 e. The van der Waals surface area contributed by atoms with E-state index < -0.39 is 0 Å². The van der Waals surface area contributed by atoms with Crippen molar-refractivity contribution >= 4 is 17.8 Å². The molecule has 122 valence electrons. The highest BCUT2D eigenvalue weighted by Crippen LogP contribution is 1.94. The first kappa shape index (κ1) is 19.4. The summed E-state index contributed by atoms with van der Waals surface area (Å²) in [6.07, 6.45) is 1.65. The van der Waals surface area contributed by atoms with Gasteiger partial charge in [-0.05, 0) is 26.3 Å². The Kier molecular flexibility index (Phi) is 11.2. The number of carbonyl (C=O) groups is 3. The molecule has 0 aliphatic carbocycles. The van der Waals surface area contributed by atoms with Gasteiger partial charge in [-0.1, -0.05) is 6.92 Å². The van der Waals surface area contributed by atoms with Crippen LogP contribution in [0, 0.1) is 0 Å². The molecule has 0 atom stereocenters. The third-order valence-electron chi connectivity index (χ3n) is 2.67. The number of esters is 2. The molecule has 1 amide bonds. The molecule has 0 radical (unpaired) electrons. The Bertz CT molecular complexity index is 333. The van der Waals surface area contributed by atoms with Gasteiger partial charge in [0.2, 0.25) is 5.91 Å². The molecule has 21 heavy (non-hydrogen) atoms. The third-order valence-corrected chi connectivity index (χ3v) is 2.67. The second-order valence-corrected chi connectivity index (χ2v) is 4.55. The monoisotopic (exact) mass is 302 g/mol. The maximum Gasteiger partial charge on any atom is 0.320 e. The predicted molar refractivity (Wildman–Crippen MR) is 77.6 cm³/mol. The number of methoxy groups -OCH3 is 1. The van der Waals surface area contributed by atoms with E-state index in [1.165, 1.54) is 7.11 Å². The molecular formula is C14H26N2O5. The van der Waals surface area contributed by atoms with Crippen LogP contribution >= 0.6 is 0 Å². The number of nitrogens with one attached hydrogen (secondary N) is 1. The SMILES string of the molecule is CCCN(CC(=O)NCCCC(=O)OC)CC(=O)OCC. The van der Waals surface area contributed by atoms with Gasteiger partial charge in [0.05, 0.1) is 26.8 Å². The molecule has 7 nitrogen and oxygen atoms in total. The number of rotatable bonds is 11. The van der Waals surface area contributed by atoms with Crippen molar-refractivity contribution in [2.75, 3.05) is 39.9 Å². The van der Waals surface area contributed by atoms with Gasteiger partial charge in [-0.3, -0.25) is 19.3 Å². The van der Waals surface area contributed by atoms with Gasteiger partial charge in [-0.2, -0.15) is 0 Å². The van der Waals surface area contributed by atoms with Crippen molar-refractivity contribution in [1.82, 2.24) is 10.2 Å². The van der Waals surface area contributed by atoms with Crippen LogP contribution in [-0.4, -0.2) is 62.6 Å². The highest BCUT2D eigenvalue weighted by atomic mass is 16.5. The van der Waals surface area contributed by atoms with E-state index in [0.29, 0.717) is 26.1 Å². The van der Waals surface area contributed by atoms with Crippen LogP contribution in [0.4, 0.5) is 0 Å². The van der Waals surface area contributed by atoms with Crippen LogP contribution in [0.5, 0.6) is 0 Å². The number of amides is 1. The highest BCUT2D eigenvalue weighted by molar-refractivity contribution is 5.79. The van der Waals surface area contributed by atoms with Gasteiger partial charge in [-0.15, -0.1) is 0 Å². The van der Waals surface area contributed by atoms with Gasteiger partial charge in [0.25, 0.3) is 0 Å². The summed E-state index contributed by atoms with van der Waals surface area (Å²) in [5.74, 6) is -0.791. The first-order valence-electron chi connectivity index (χ1n) is 7.24. The first-order valence-corrected chi connectivity index (χ1v) is 7.24. The van der Waals surface area contributed by atoms with E-state index in [0.717, 1.165) is 6.42 Å². The summed E-state index contributed by atoms with van der Waals surface area (Å²) in [5.41, 5.74) is 0. The van der Waals surface area contributed by atoms with Crippen LogP contribution in [0.15, 0.2) is 0 Å². The zero-order valence-electron chi connectivity index (χ0n) is 13.1. The van der Waals surface area contributed by atoms with E-state index in [4.69, 9.17) is 4.74 Å². The molecule has 0 fully saturated rings. The fourth-order valence-corrected chi connectivity index (χ4v) is 1.74. The Morgan fingerprint density at radius 3 is 2.38 bits per heavy atom. The van der Waals surface area contributed by atoms with Gasteiger partial charge < -0.3 is 14.8 Å². The average Bonchev–Trinajstić information content (AvgIpc) is 2.43. The molecule has 0 saturated carbocycles.